The minimum absolute atomic E-state index is 0.156. The van der Waals surface area contributed by atoms with Gasteiger partial charge in [-0.05, 0) is 32.4 Å². The molecule has 0 spiro atoms. The Balaban J connectivity index is 3.15. The summed E-state index contributed by atoms with van der Waals surface area (Å²) >= 11 is 0. The SMILES string of the molecule is Cc1cc(C(C)(N)CC(N)=O)n(C)c1C. The molecule has 0 aliphatic heterocycles. The van der Waals surface area contributed by atoms with Crippen LogP contribution in [0.25, 0.3) is 0 Å². The third kappa shape index (κ3) is 2.21. The highest BCUT2D eigenvalue weighted by molar-refractivity contribution is 5.75. The van der Waals surface area contributed by atoms with E-state index in [0.29, 0.717) is 0 Å². The minimum Gasteiger partial charge on any atom is -0.370 e. The van der Waals surface area contributed by atoms with Gasteiger partial charge in [-0.25, -0.2) is 0 Å². The Kier molecular flexibility index (Phi) is 2.90. The maximum atomic E-state index is 10.9. The van der Waals surface area contributed by atoms with Crippen LogP contribution in [0.3, 0.4) is 0 Å². The average Bonchev–Trinajstić information content (AvgIpc) is 2.31. The fourth-order valence-electron chi connectivity index (χ4n) is 1.85. The van der Waals surface area contributed by atoms with Gasteiger partial charge in [0.05, 0.1) is 5.54 Å². The van der Waals surface area contributed by atoms with Crippen molar-refractivity contribution < 1.29 is 4.79 Å². The molecule has 15 heavy (non-hydrogen) atoms. The van der Waals surface area contributed by atoms with Gasteiger partial charge in [0.1, 0.15) is 0 Å². The quantitative estimate of drug-likeness (QED) is 0.768. The van der Waals surface area contributed by atoms with E-state index in [2.05, 4.69) is 0 Å². The first-order valence-electron chi connectivity index (χ1n) is 4.96. The number of amides is 1. The third-order valence-electron chi connectivity index (χ3n) is 2.91. The van der Waals surface area contributed by atoms with Crippen molar-refractivity contribution >= 4 is 5.91 Å². The Morgan fingerprint density at radius 1 is 1.53 bits per heavy atom. The van der Waals surface area contributed by atoms with Crippen molar-refractivity contribution in [3.8, 4) is 0 Å². The van der Waals surface area contributed by atoms with Gasteiger partial charge >= 0.3 is 0 Å². The topological polar surface area (TPSA) is 74.0 Å². The number of primary amides is 1. The maximum Gasteiger partial charge on any atom is 0.219 e. The van der Waals surface area contributed by atoms with Crippen molar-refractivity contribution in [2.75, 3.05) is 0 Å². The van der Waals surface area contributed by atoms with E-state index in [1.807, 2.05) is 38.5 Å². The van der Waals surface area contributed by atoms with Gasteiger partial charge in [-0.1, -0.05) is 0 Å². The van der Waals surface area contributed by atoms with E-state index >= 15 is 0 Å². The molecule has 0 saturated carbocycles. The highest BCUT2D eigenvalue weighted by Crippen LogP contribution is 2.25. The van der Waals surface area contributed by atoms with Crippen molar-refractivity contribution in [2.45, 2.75) is 32.7 Å². The first-order valence-corrected chi connectivity index (χ1v) is 4.96. The van der Waals surface area contributed by atoms with Crippen LogP contribution in [0.5, 0.6) is 0 Å². The molecule has 0 bridgehead atoms. The number of nitrogens with two attached hydrogens (primary N) is 2. The van der Waals surface area contributed by atoms with Gasteiger partial charge < -0.3 is 16.0 Å². The zero-order valence-electron chi connectivity index (χ0n) is 9.79. The molecule has 0 aliphatic rings. The van der Waals surface area contributed by atoms with E-state index in [4.69, 9.17) is 11.5 Å². The second-order valence-corrected chi connectivity index (χ2v) is 4.42. The summed E-state index contributed by atoms with van der Waals surface area (Å²) < 4.78 is 2.01. The monoisotopic (exact) mass is 209 g/mol. The fourth-order valence-corrected chi connectivity index (χ4v) is 1.85. The van der Waals surface area contributed by atoms with Crippen LogP contribution in [-0.4, -0.2) is 10.5 Å². The van der Waals surface area contributed by atoms with Crippen LogP contribution in [0.2, 0.25) is 0 Å². The molecule has 84 valence electrons. The molecule has 0 aromatic carbocycles. The zero-order valence-corrected chi connectivity index (χ0v) is 9.79. The Morgan fingerprint density at radius 3 is 2.40 bits per heavy atom. The predicted molar refractivity (Wildman–Crippen MR) is 60.2 cm³/mol. The summed E-state index contributed by atoms with van der Waals surface area (Å²) in [7, 11) is 1.95. The lowest BCUT2D eigenvalue weighted by atomic mass is 9.94. The molecule has 1 aromatic heterocycles. The summed E-state index contributed by atoms with van der Waals surface area (Å²) in [5, 5.41) is 0. The molecule has 4 heteroatoms. The van der Waals surface area contributed by atoms with Gasteiger partial charge in [-0.3, -0.25) is 4.79 Å². The smallest absolute Gasteiger partial charge is 0.219 e. The van der Waals surface area contributed by atoms with E-state index in [-0.39, 0.29) is 12.3 Å². The highest BCUT2D eigenvalue weighted by atomic mass is 16.1. The number of aryl methyl sites for hydroxylation is 1. The van der Waals surface area contributed by atoms with E-state index in [9.17, 15) is 4.79 Å². The van der Waals surface area contributed by atoms with Crippen LogP contribution in [0.1, 0.15) is 30.3 Å². The van der Waals surface area contributed by atoms with E-state index in [1.165, 1.54) is 5.56 Å². The second-order valence-electron chi connectivity index (χ2n) is 4.42. The van der Waals surface area contributed by atoms with Crippen LogP contribution in [0.4, 0.5) is 0 Å². The largest absolute Gasteiger partial charge is 0.370 e. The van der Waals surface area contributed by atoms with Crippen molar-refractivity contribution in [1.29, 1.82) is 0 Å². The molecule has 4 nitrogen and oxygen atoms in total. The van der Waals surface area contributed by atoms with Gasteiger partial charge in [0.15, 0.2) is 0 Å². The first-order chi connectivity index (χ1) is 6.75. The van der Waals surface area contributed by atoms with Crippen LogP contribution in [0.15, 0.2) is 6.07 Å². The van der Waals surface area contributed by atoms with Gasteiger partial charge in [0.25, 0.3) is 0 Å². The Bertz CT molecular complexity index is 391. The summed E-state index contributed by atoms with van der Waals surface area (Å²) in [4.78, 5) is 10.9. The van der Waals surface area contributed by atoms with Crippen molar-refractivity contribution in [3.63, 3.8) is 0 Å². The first kappa shape index (κ1) is 11.8. The van der Waals surface area contributed by atoms with Gasteiger partial charge in [-0.2, -0.15) is 0 Å². The highest BCUT2D eigenvalue weighted by Gasteiger charge is 2.27. The number of carbonyl (C=O) groups is 1. The number of rotatable bonds is 3. The number of hydrogen-bond acceptors (Lipinski definition) is 2. The molecule has 0 radical (unpaired) electrons. The number of nitrogens with zero attached hydrogens (tertiary/aromatic N) is 1. The van der Waals surface area contributed by atoms with Crippen LogP contribution in [0, 0.1) is 13.8 Å². The number of aromatic nitrogens is 1. The summed E-state index contributed by atoms with van der Waals surface area (Å²) in [5.74, 6) is -0.378. The van der Waals surface area contributed by atoms with Crippen LogP contribution < -0.4 is 11.5 Å². The standard InChI is InChI=1S/C11H19N3O/c1-7-5-9(14(4)8(7)2)11(3,13)6-10(12)15/h5H,6,13H2,1-4H3,(H2,12,15). The molecule has 1 aromatic rings. The van der Waals surface area contributed by atoms with Crippen molar-refractivity contribution in [3.05, 3.63) is 23.0 Å². The molecule has 1 heterocycles. The Morgan fingerprint density at radius 2 is 2.07 bits per heavy atom. The van der Waals surface area contributed by atoms with Gasteiger partial charge in [0, 0.05) is 24.9 Å². The van der Waals surface area contributed by atoms with E-state index in [0.717, 1.165) is 11.4 Å². The Labute approximate surface area is 90.2 Å². The molecule has 1 rings (SSSR count). The summed E-state index contributed by atoms with van der Waals surface area (Å²) in [6.45, 7) is 5.88. The van der Waals surface area contributed by atoms with E-state index in [1.54, 1.807) is 0 Å². The second kappa shape index (κ2) is 3.70. The minimum atomic E-state index is -0.695. The predicted octanol–water partition coefficient (Wildman–Crippen LogP) is 0.691. The summed E-state index contributed by atoms with van der Waals surface area (Å²) in [6, 6.07) is 2.01. The molecule has 0 aliphatic carbocycles. The van der Waals surface area contributed by atoms with Crippen molar-refractivity contribution in [1.82, 2.24) is 4.57 Å². The molecule has 0 saturated heterocycles. The third-order valence-corrected chi connectivity index (χ3v) is 2.91. The fraction of sp³-hybridized carbons (Fsp3) is 0.545. The molecule has 1 atom stereocenters. The van der Waals surface area contributed by atoms with Gasteiger partial charge in [0.2, 0.25) is 5.91 Å². The molecule has 0 fully saturated rings. The summed E-state index contributed by atoms with van der Waals surface area (Å²) in [6.07, 6.45) is 0.156. The lowest BCUT2D eigenvalue weighted by Gasteiger charge is -2.24. The van der Waals surface area contributed by atoms with Crippen LogP contribution >= 0.6 is 0 Å². The normalized spacial score (nSPS) is 15.0. The summed E-state index contributed by atoms with van der Waals surface area (Å²) in [5.41, 5.74) is 13.9. The molecule has 4 N–H and O–H groups in total. The zero-order chi connectivity index (χ0) is 11.8. The Hall–Kier alpha value is -1.29. The number of carbonyl (C=O) groups excluding carboxylic acids is 1. The van der Waals surface area contributed by atoms with E-state index < -0.39 is 5.54 Å². The lowest BCUT2D eigenvalue weighted by molar-refractivity contribution is -0.119. The average molecular weight is 209 g/mol. The van der Waals surface area contributed by atoms with Crippen molar-refractivity contribution in [2.24, 2.45) is 18.5 Å². The lowest BCUT2D eigenvalue weighted by Crippen LogP contribution is -2.39. The van der Waals surface area contributed by atoms with Gasteiger partial charge in [-0.15, -0.1) is 0 Å². The molecular formula is C11H19N3O. The maximum absolute atomic E-state index is 10.9. The number of hydrogen-bond donors (Lipinski definition) is 2. The molecular weight excluding hydrogens is 190 g/mol. The molecule has 1 amide bonds. The van der Waals surface area contributed by atoms with Crippen LogP contribution in [-0.2, 0) is 17.4 Å². The molecule has 1 unspecified atom stereocenters.